The number of hydrogen-bond acceptors (Lipinski definition) is 2. The normalized spacial score (nSPS) is 18.0. The van der Waals surface area contributed by atoms with Crippen molar-refractivity contribution in [3.05, 3.63) is 35.0 Å². The lowest BCUT2D eigenvalue weighted by Gasteiger charge is -2.09. The van der Waals surface area contributed by atoms with Gasteiger partial charge in [0.1, 0.15) is 0 Å². The number of carbonyl (C=O) groups excluding carboxylic acids is 1. The van der Waals surface area contributed by atoms with Gasteiger partial charge in [0.25, 0.3) is 0 Å². The van der Waals surface area contributed by atoms with E-state index in [1.807, 2.05) is 0 Å². The second kappa shape index (κ2) is 6.53. The van der Waals surface area contributed by atoms with Gasteiger partial charge in [-0.05, 0) is 69.0 Å². The summed E-state index contributed by atoms with van der Waals surface area (Å²) in [6.45, 7) is 7.00. The van der Waals surface area contributed by atoms with Gasteiger partial charge in [-0.1, -0.05) is 6.07 Å². The Labute approximate surface area is 131 Å². The summed E-state index contributed by atoms with van der Waals surface area (Å²) in [5, 5.41) is 7.64. The van der Waals surface area contributed by atoms with Crippen LogP contribution in [0.5, 0.6) is 0 Å². The lowest BCUT2D eigenvalue weighted by atomic mass is 10.0. The third-order valence-corrected chi connectivity index (χ3v) is 4.80. The van der Waals surface area contributed by atoms with Gasteiger partial charge in [0.05, 0.1) is 0 Å². The number of amides is 1. The molecule has 1 fully saturated rings. The Kier molecular flexibility index (Phi) is 4.48. The minimum atomic E-state index is 0.161. The van der Waals surface area contributed by atoms with E-state index in [-0.39, 0.29) is 5.91 Å². The van der Waals surface area contributed by atoms with E-state index < -0.39 is 0 Å². The van der Waals surface area contributed by atoms with Gasteiger partial charge in [-0.15, -0.1) is 0 Å². The summed E-state index contributed by atoms with van der Waals surface area (Å²) >= 11 is 0. The Morgan fingerprint density at radius 3 is 3.00 bits per heavy atom. The van der Waals surface area contributed by atoms with Crippen LogP contribution in [0.3, 0.4) is 0 Å². The zero-order valence-corrected chi connectivity index (χ0v) is 13.5. The van der Waals surface area contributed by atoms with Crippen molar-refractivity contribution >= 4 is 16.8 Å². The summed E-state index contributed by atoms with van der Waals surface area (Å²) in [7, 11) is 0. The first kappa shape index (κ1) is 15.1. The molecule has 1 aromatic carbocycles. The predicted octanol–water partition coefficient (Wildman–Crippen LogP) is 2.79. The molecule has 0 bridgehead atoms. The zero-order chi connectivity index (χ0) is 15.5. The van der Waals surface area contributed by atoms with Crippen LogP contribution in [0.25, 0.3) is 10.9 Å². The van der Waals surface area contributed by atoms with Crippen LogP contribution in [-0.4, -0.2) is 24.0 Å². The van der Waals surface area contributed by atoms with Gasteiger partial charge in [-0.2, -0.15) is 0 Å². The largest absolute Gasteiger partial charge is 0.358 e. The van der Waals surface area contributed by atoms with E-state index in [1.54, 1.807) is 0 Å². The molecule has 22 heavy (non-hydrogen) atoms. The SMILES string of the molecule is Cc1[nH]c2ccc(CNC(=O)CCC3CCNC3)cc2c1C. The summed E-state index contributed by atoms with van der Waals surface area (Å²) in [6, 6.07) is 6.36. The van der Waals surface area contributed by atoms with Crippen LogP contribution in [0.15, 0.2) is 18.2 Å². The summed E-state index contributed by atoms with van der Waals surface area (Å²) in [4.78, 5) is 15.3. The monoisotopic (exact) mass is 299 g/mol. The van der Waals surface area contributed by atoms with Gasteiger partial charge in [0.2, 0.25) is 5.91 Å². The van der Waals surface area contributed by atoms with E-state index in [2.05, 4.69) is 47.7 Å². The van der Waals surface area contributed by atoms with Gasteiger partial charge < -0.3 is 15.6 Å². The van der Waals surface area contributed by atoms with Crippen molar-refractivity contribution < 1.29 is 4.79 Å². The number of H-pyrrole nitrogens is 1. The summed E-state index contributed by atoms with van der Waals surface area (Å²) in [5.74, 6) is 0.835. The van der Waals surface area contributed by atoms with Crippen LogP contribution in [0.1, 0.15) is 36.1 Å². The highest BCUT2D eigenvalue weighted by Crippen LogP contribution is 2.22. The van der Waals surface area contributed by atoms with E-state index in [0.29, 0.717) is 18.9 Å². The molecule has 1 aliphatic rings. The molecule has 3 N–H and O–H groups in total. The Hall–Kier alpha value is -1.81. The maximum Gasteiger partial charge on any atom is 0.220 e. The highest BCUT2D eigenvalue weighted by molar-refractivity contribution is 5.85. The van der Waals surface area contributed by atoms with Crippen molar-refractivity contribution in [2.45, 2.75) is 39.7 Å². The van der Waals surface area contributed by atoms with E-state index in [0.717, 1.165) is 25.1 Å². The van der Waals surface area contributed by atoms with Crippen LogP contribution in [0.2, 0.25) is 0 Å². The fraction of sp³-hybridized carbons (Fsp3) is 0.500. The fourth-order valence-electron chi connectivity index (χ4n) is 3.20. The number of aryl methyl sites for hydroxylation is 2. The third kappa shape index (κ3) is 3.33. The smallest absolute Gasteiger partial charge is 0.220 e. The summed E-state index contributed by atoms with van der Waals surface area (Å²) < 4.78 is 0. The summed E-state index contributed by atoms with van der Waals surface area (Å²) in [5.41, 5.74) is 4.82. The van der Waals surface area contributed by atoms with E-state index in [4.69, 9.17) is 0 Å². The van der Waals surface area contributed by atoms with Gasteiger partial charge >= 0.3 is 0 Å². The second-order valence-corrected chi connectivity index (χ2v) is 6.43. The van der Waals surface area contributed by atoms with E-state index >= 15 is 0 Å². The standard InChI is InChI=1S/C18H25N3O/c1-12-13(2)21-17-5-3-15(9-16(12)17)11-20-18(22)6-4-14-7-8-19-10-14/h3,5,9,14,19,21H,4,6-8,10-11H2,1-2H3,(H,20,22). The zero-order valence-electron chi connectivity index (χ0n) is 13.5. The van der Waals surface area contributed by atoms with Crippen molar-refractivity contribution in [3.8, 4) is 0 Å². The molecular formula is C18H25N3O. The Morgan fingerprint density at radius 2 is 2.23 bits per heavy atom. The third-order valence-electron chi connectivity index (χ3n) is 4.80. The minimum absolute atomic E-state index is 0.161. The fourth-order valence-corrected chi connectivity index (χ4v) is 3.20. The minimum Gasteiger partial charge on any atom is -0.358 e. The first-order valence-electron chi connectivity index (χ1n) is 8.18. The number of aromatic amines is 1. The molecule has 3 rings (SSSR count). The van der Waals surface area contributed by atoms with E-state index in [9.17, 15) is 4.79 Å². The van der Waals surface area contributed by atoms with E-state index in [1.165, 1.54) is 28.6 Å². The lowest BCUT2D eigenvalue weighted by Crippen LogP contribution is -2.23. The predicted molar refractivity (Wildman–Crippen MR) is 89.8 cm³/mol. The molecule has 118 valence electrons. The molecule has 1 aromatic heterocycles. The topological polar surface area (TPSA) is 56.9 Å². The maximum absolute atomic E-state index is 12.0. The second-order valence-electron chi connectivity index (χ2n) is 6.43. The van der Waals surface area contributed by atoms with Crippen molar-refractivity contribution in [2.75, 3.05) is 13.1 Å². The van der Waals surface area contributed by atoms with Gasteiger partial charge in [-0.25, -0.2) is 0 Å². The first-order valence-corrected chi connectivity index (χ1v) is 8.18. The Morgan fingerprint density at radius 1 is 1.36 bits per heavy atom. The number of aromatic nitrogens is 1. The molecular weight excluding hydrogens is 274 g/mol. The molecule has 4 heteroatoms. The molecule has 0 radical (unpaired) electrons. The first-order chi connectivity index (χ1) is 10.6. The van der Waals surface area contributed by atoms with Crippen LogP contribution >= 0.6 is 0 Å². The molecule has 0 aliphatic carbocycles. The number of hydrogen-bond donors (Lipinski definition) is 3. The molecule has 4 nitrogen and oxygen atoms in total. The average molecular weight is 299 g/mol. The lowest BCUT2D eigenvalue weighted by molar-refractivity contribution is -0.121. The van der Waals surface area contributed by atoms with Crippen LogP contribution in [0, 0.1) is 19.8 Å². The average Bonchev–Trinajstić information content (AvgIpc) is 3.13. The Balaban J connectivity index is 1.54. The van der Waals surface area contributed by atoms with Gasteiger partial charge in [0.15, 0.2) is 0 Å². The molecule has 2 aromatic rings. The molecule has 0 saturated carbocycles. The van der Waals surface area contributed by atoms with Crippen molar-refractivity contribution in [3.63, 3.8) is 0 Å². The van der Waals surface area contributed by atoms with Crippen LogP contribution < -0.4 is 10.6 Å². The molecule has 1 amide bonds. The number of fused-ring (bicyclic) bond motifs is 1. The molecule has 1 aliphatic heterocycles. The molecule has 0 spiro atoms. The molecule has 1 atom stereocenters. The number of benzene rings is 1. The molecule has 1 unspecified atom stereocenters. The number of rotatable bonds is 5. The quantitative estimate of drug-likeness (QED) is 0.795. The maximum atomic E-state index is 12.0. The number of carbonyl (C=O) groups is 1. The van der Waals surface area contributed by atoms with Crippen molar-refractivity contribution in [1.82, 2.24) is 15.6 Å². The van der Waals surface area contributed by atoms with Gasteiger partial charge in [0, 0.05) is 29.6 Å². The summed E-state index contributed by atoms with van der Waals surface area (Å²) in [6.07, 6.45) is 2.83. The van der Waals surface area contributed by atoms with Crippen molar-refractivity contribution in [2.24, 2.45) is 5.92 Å². The number of nitrogens with one attached hydrogen (secondary N) is 3. The van der Waals surface area contributed by atoms with Gasteiger partial charge in [-0.3, -0.25) is 4.79 Å². The highest BCUT2D eigenvalue weighted by atomic mass is 16.1. The Bertz CT molecular complexity index is 668. The van der Waals surface area contributed by atoms with Crippen molar-refractivity contribution in [1.29, 1.82) is 0 Å². The highest BCUT2D eigenvalue weighted by Gasteiger charge is 2.15. The molecule has 2 heterocycles. The van der Waals surface area contributed by atoms with Crippen LogP contribution in [0.4, 0.5) is 0 Å². The van der Waals surface area contributed by atoms with Crippen LogP contribution in [-0.2, 0) is 11.3 Å². The molecule has 1 saturated heterocycles.